The van der Waals surface area contributed by atoms with Gasteiger partial charge in [-0.2, -0.15) is 0 Å². The van der Waals surface area contributed by atoms with E-state index in [1.54, 1.807) is 6.08 Å². The molecule has 2 aromatic rings. The monoisotopic (exact) mass is 311 g/mol. The van der Waals surface area contributed by atoms with E-state index in [-0.39, 0.29) is 23.7 Å². The highest BCUT2D eigenvalue weighted by Gasteiger charge is 2.47. The number of nitrogens with one attached hydrogen (secondary N) is 3. The van der Waals surface area contributed by atoms with Crippen LogP contribution in [0.1, 0.15) is 12.0 Å². The summed E-state index contributed by atoms with van der Waals surface area (Å²) in [6.45, 7) is 4.59. The molecule has 0 radical (unpaired) electrons. The summed E-state index contributed by atoms with van der Waals surface area (Å²) in [6.07, 6.45) is 5.04. The van der Waals surface area contributed by atoms with E-state index in [9.17, 15) is 9.59 Å². The number of benzene rings is 1. The van der Waals surface area contributed by atoms with Gasteiger partial charge in [0.25, 0.3) is 0 Å². The van der Waals surface area contributed by atoms with Crippen LogP contribution in [0.15, 0.2) is 43.1 Å². The average molecular weight is 311 g/mol. The largest absolute Gasteiger partial charge is 0.361 e. The maximum absolute atomic E-state index is 12.1. The Hall–Kier alpha value is -2.56. The molecule has 3 N–H and O–H groups in total. The van der Waals surface area contributed by atoms with Gasteiger partial charge in [0, 0.05) is 30.2 Å². The van der Waals surface area contributed by atoms with Gasteiger partial charge in [-0.05, 0) is 24.5 Å². The van der Waals surface area contributed by atoms with E-state index < -0.39 is 0 Å². The minimum atomic E-state index is -0.178. The second kappa shape index (κ2) is 6.69. The molecule has 1 saturated carbocycles. The molecule has 1 aliphatic carbocycles. The number of aromatic nitrogens is 1. The van der Waals surface area contributed by atoms with Crippen molar-refractivity contribution in [1.29, 1.82) is 0 Å². The summed E-state index contributed by atoms with van der Waals surface area (Å²) >= 11 is 0. The van der Waals surface area contributed by atoms with E-state index in [0.29, 0.717) is 19.5 Å². The van der Waals surface area contributed by atoms with Gasteiger partial charge in [-0.3, -0.25) is 9.59 Å². The van der Waals surface area contributed by atoms with Crippen molar-refractivity contribution in [3.63, 3.8) is 0 Å². The van der Waals surface area contributed by atoms with Gasteiger partial charge in [0.05, 0.1) is 11.8 Å². The van der Waals surface area contributed by atoms with Crippen LogP contribution in [0.3, 0.4) is 0 Å². The number of rotatable bonds is 7. The number of hydrogen-bond acceptors (Lipinski definition) is 2. The molecular weight excluding hydrogens is 290 g/mol. The Labute approximate surface area is 135 Å². The zero-order valence-electron chi connectivity index (χ0n) is 13.0. The van der Waals surface area contributed by atoms with Crippen LogP contribution in [-0.2, 0) is 16.0 Å². The summed E-state index contributed by atoms with van der Waals surface area (Å²) in [5.41, 5.74) is 2.30. The highest BCUT2D eigenvalue weighted by atomic mass is 16.2. The third-order valence-electron chi connectivity index (χ3n) is 4.25. The third kappa shape index (κ3) is 3.44. The molecule has 1 fully saturated rings. The Morgan fingerprint density at radius 2 is 1.96 bits per heavy atom. The molecule has 2 atom stereocenters. The van der Waals surface area contributed by atoms with Crippen LogP contribution in [0.2, 0.25) is 0 Å². The highest BCUT2D eigenvalue weighted by Crippen LogP contribution is 2.38. The van der Waals surface area contributed by atoms with E-state index in [1.165, 1.54) is 10.9 Å². The molecule has 0 spiro atoms. The summed E-state index contributed by atoms with van der Waals surface area (Å²) in [5, 5.41) is 6.86. The Morgan fingerprint density at radius 3 is 2.74 bits per heavy atom. The molecule has 1 heterocycles. The second-order valence-electron chi connectivity index (χ2n) is 5.88. The first-order valence-electron chi connectivity index (χ1n) is 7.92. The first-order valence-corrected chi connectivity index (χ1v) is 7.92. The van der Waals surface area contributed by atoms with Gasteiger partial charge in [0.1, 0.15) is 0 Å². The smallest absolute Gasteiger partial charge is 0.224 e. The van der Waals surface area contributed by atoms with Gasteiger partial charge in [-0.15, -0.1) is 6.58 Å². The molecule has 0 saturated heterocycles. The van der Waals surface area contributed by atoms with Crippen molar-refractivity contribution in [2.24, 2.45) is 11.8 Å². The summed E-state index contributed by atoms with van der Waals surface area (Å²) in [6, 6.07) is 8.11. The lowest BCUT2D eigenvalue weighted by Gasteiger charge is -2.05. The molecule has 3 rings (SSSR count). The summed E-state index contributed by atoms with van der Waals surface area (Å²) < 4.78 is 0. The minimum Gasteiger partial charge on any atom is -0.361 e. The molecule has 0 aliphatic heterocycles. The summed E-state index contributed by atoms with van der Waals surface area (Å²) in [5.74, 6) is -0.434. The molecular formula is C18H21N3O2. The van der Waals surface area contributed by atoms with Crippen molar-refractivity contribution < 1.29 is 9.59 Å². The van der Waals surface area contributed by atoms with E-state index in [4.69, 9.17) is 0 Å². The number of carbonyl (C=O) groups is 2. The van der Waals surface area contributed by atoms with Crippen LogP contribution in [0.5, 0.6) is 0 Å². The number of aromatic amines is 1. The predicted octanol–water partition coefficient (Wildman–Crippen LogP) is 1.76. The lowest BCUT2D eigenvalue weighted by atomic mass is 10.1. The number of para-hydroxylation sites is 1. The quantitative estimate of drug-likeness (QED) is 0.682. The maximum atomic E-state index is 12.1. The Bertz CT molecular complexity index is 735. The molecule has 2 unspecified atom stereocenters. The molecule has 2 amide bonds. The molecule has 1 aliphatic rings. The van der Waals surface area contributed by atoms with Crippen LogP contribution >= 0.6 is 0 Å². The van der Waals surface area contributed by atoms with Gasteiger partial charge in [0.2, 0.25) is 11.8 Å². The normalized spacial score (nSPS) is 19.3. The molecule has 5 heteroatoms. The Kier molecular flexibility index (Phi) is 4.46. The molecule has 1 aromatic carbocycles. The maximum Gasteiger partial charge on any atom is 0.224 e. The topological polar surface area (TPSA) is 74.0 Å². The molecule has 23 heavy (non-hydrogen) atoms. The van der Waals surface area contributed by atoms with E-state index in [0.717, 1.165) is 11.9 Å². The van der Waals surface area contributed by atoms with Crippen LogP contribution in [0.25, 0.3) is 10.9 Å². The van der Waals surface area contributed by atoms with Gasteiger partial charge in [0.15, 0.2) is 0 Å². The van der Waals surface area contributed by atoms with Gasteiger partial charge < -0.3 is 15.6 Å². The predicted molar refractivity (Wildman–Crippen MR) is 89.8 cm³/mol. The fraction of sp³-hybridized carbons (Fsp3) is 0.333. The number of fused-ring (bicyclic) bond motifs is 1. The fourth-order valence-electron chi connectivity index (χ4n) is 2.87. The number of amides is 2. The first kappa shape index (κ1) is 15.3. The van der Waals surface area contributed by atoms with Crippen molar-refractivity contribution in [2.45, 2.75) is 12.8 Å². The van der Waals surface area contributed by atoms with Crippen molar-refractivity contribution >= 4 is 22.7 Å². The number of hydrogen-bond donors (Lipinski definition) is 3. The van der Waals surface area contributed by atoms with E-state index in [1.807, 2.05) is 24.4 Å². The van der Waals surface area contributed by atoms with Crippen LogP contribution in [0, 0.1) is 11.8 Å². The number of carbonyl (C=O) groups excluding carboxylic acids is 2. The van der Waals surface area contributed by atoms with Crippen molar-refractivity contribution in [3.8, 4) is 0 Å². The minimum absolute atomic E-state index is 0.0244. The lowest BCUT2D eigenvalue weighted by molar-refractivity contribution is -0.127. The second-order valence-corrected chi connectivity index (χ2v) is 5.88. The van der Waals surface area contributed by atoms with Crippen LogP contribution in [0.4, 0.5) is 0 Å². The zero-order chi connectivity index (χ0) is 16.2. The fourth-order valence-corrected chi connectivity index (χ4v) is 2.87. The summed E-state index contributed by atoms with van der Waals surface area (Å²) in [4.78, 5) is 27.0. The van der Waals surface area contributed by atoms with E-state index >= 15 is 0 Å². The average Bonchev–Trinajstić information content (AvgIpc) is 3.28. The van der Waals surface area contributed by atoms with Crippen LogP contribution < -0.4 is 10.6 Å². The third-order valence-corrected chi connectivity index (χ3v) is 4.25. The van der Waals surface area contributed by atoms with Crippen molar-refractivity contribution in [3.05, 3.63) is 48.7 Å². The van der Waals surface area contributed by atoms with Gasteiger partial charge >= 0.3 is 0 Å². The van der Waals surface area contributed by atoms with Crippen molar-refractivity contribution in [2.75, 3.05) is 13.1 Å². The summed E-state index contributed by atoms with van der Waals surface area (Å²) in [7, 11) is 0. The Morgan fingerprint density at radius 1 is 1.22 bits per heavy atom. The highest BCUT2D eigenvalue weighted by molar-refractivity contribution is 5.92. The zero-order valence-corrected chi connectivity index (χ0v) is 13.0. The van der Waals surface area contributed by atoms with E-state index in [2.05, 4.69) is 28.3 Å². The number of H-pyrrole nitrogens is 1. The molecule has 5 nitrogen and oxygen atoms in total. The van der Waals surface area contributed by atoms with Gasteiger partial charge in [-0.1, -0.05) is 24.3 Å². The molecule has 120 valence electrons. The van der Waals surface area contributed by atoms with Crippen LogP contribution in [-0.4, -0.2) is 29.9 Å². The molecule has 1 aromatic heterocycles. The van der Waals surface area contributed by atoms with Crippen molar-refractivity contribution in [1.82, 2.24) is 15.6 Å². The van der Waals surface area contributed by atoms with Gasteiger partial charge in [-0.25, -0.2) is 0 Å². The Balaban J connectivity index is 1.45. The SMILES string of the molecule is C=CCNC(=O)C1CC1C(=O)NCCc1c[nH]c2ccccc12. The lowest BCUT2D eigenvalue weighted by Crippen LogP contribution is -2.31. The molecule has 0 bridgehead atoms. The first-order chi connectivity index (χ1) is 11.2. The standard InChI is InChI=1S/C18H21N3O2/c1-2-8-19-17(22)14-10-15(14)18(23)20-9-7-12-11-21-16-6-4-3-5-13(12)16/h2-6,11,14-15,21H,1,7-10H2,(H,19,22)(H,20,23).